The molecule has 1 aliphatic carbocycles. The Bertz CT molecular complexity index is 566. The minimum Gasteiger partial charge on any atom is -0.378 e. The van der Waals surface area contributed by atoms with Crippen molar-refractivity contribution >= 4 is 29.9 Å². The third-order valence-corrected chi connectivity index (χ3v) is 5.26. The van der Waals surface area contributed by atoms with Crippen LogP contribution in [0, 0.1) is 11.2 Å². The first-order valence-corrected chi connectivity index (χ1v) is 8.79. The number of aliphatic imine (C=N–C) groups is 1. The highest BCUT2D eigenvalue weighted by Gasteiger charge is 2.53. The lowest BCUT2D eigenvalue weighted by Gasteiger charge is -2.55. The van der Waals surface area contributed by atoms with E-state index in [4.69, 9.17) is 4.74 Å². The van der Waals surface area contributed by atoms with Gasteiger partial charge in [0.15, 0.2) is 5.96 Å². The smallest absolute Gasteiger partial charge is 0.191 e. The highest BCUT2D eigenvalue weighted by Crippen LogP contribution is 2.48. The maximum atomic E-state index is 13.7. The lowest BCUT2D eigenvalue weighted by molar-refractivity contribution is -0.133. The van der Waals surface area contributed by atoms with Crippen molar-refractivity contribution in [3.63, 3.8) is 0 Å². The summed E-state index contributed by atoms with van der Waals surface area (Å²) in [5.41, 5.74) is 0.516. The average Bonchev–Trinajstić information content (AvgIpc) is 2.59. The minimum atomic E-state index is -0.308. The first-order valence-electron chi connectivity index (χ1n) is 8.79. The fraction of sp³-hybridized carbons (Fsp3) is 0.667. The number of halogens is 2. The molecule has 2 atom stereocenters. The van der Waals surface area contributed by atoms with Crippen molar-refractivity contribution in [3.05, 3.63) is 29.8 Å². The summed E-state index contributed by atoms with van der Waals surface area (Å²) in [6.07, 6.45) is 4.96. The Morgan fingerprint density at radius 2 is 2.12 bits per heavy atom. The van der Waals surface area contributed by atoms with Gasteiger partial charge < -0.3 is 15.4 Å². The van der Waals surface area contributed by atoms with Gasteiger partial charge in [0.25, 0.3) is 0 Å². The molecule has 2 rings (SSSR count). The first-order chi connectivity index (χ1) is 11.6. The fourth-order valence-electron chi connectivity index (χ4n) is 3.66. The van der Waals surface area contributed by atoms with Crippen molar-refractivity contribution in [1.29, 1.82) is 0 Å². The number of hydrogen-bond donors (Lipinski definition) is 2. The van der Waals surface area contributed by atoms with Crippen LogP contribution in [0.15, 0.2) is 23.3 Å². The van der Waals surface area contributed by atoms with E-state index in [9.17, 15) is 4.39 Å². The molecule has 1 saturated carbocycles. The van der Waals surface area contributed by atoms with Crippen molar-refractivity contribution in [2.75, 3.05) is 13.7 Å². The standard InChI is InChI=1S/C18H29FN4O.HI/c1-5-18(6-2)15(11-16(18)24-7-3)23-17(20-4)22-12-14-13(19)9-8-10-21-14;/h8-10,15-16H,5-7,11-12H2,1-4H3,(H2,20,22,23);1H. The summed E-state index contributed by atoms with van der Waals surface area (Å²) in [7, 11) is 1.72. The second kappa shape index (κ2) is 10.3. The summed E-state index contributed by atoms with van der Waals surface area (Å²) in [6.45, 7) is 7.51. The van der Waals surface area contributed by atoms with E-state index in [-0.39, 0.29) is 35.2 Å². The third-order valence-electron chi connectivity index (χ3n) is 5.26. The van der Waals surface area contributed by atoms with Gasteiger partial charge in [-0.15, -0.1) is 24.0 Å². The van der Waals surface area contributed by atoms with Crippen molar-refractivity contribution in [2.45, 2.75) is 58.7 Å². The summed E-state index contributed by atoms with van der Waals surface area (Å²) in [4.78, 5) is 8.32. The van der Waals surface area contributed by atoms with Crippen LogP contribution in [0.3, 0.4) is 0 Å². The molecule has 7 heteroatoms. The molecule has 0 saturated heterocycles. The molecule has 0 amide bonds. The predicted octanol–water partition coefficient (Wildman–Crippen LogP) is 3.49. The Morgan fingerprint density at radius 3 is 2.68 bits per heavy atom. The monoisotopic (exact) mass is 464 g/mol. The second-order valence-electron chi connectivity index (χ2n) is 6.17. The van der Waals surface area contributed by atoms with Gasteiger partial charge in [-0.3, -0.25) is 9.98 Å². The molecule has 0 aromatic carbocycles. The van der Waals surface area contributed by atoms with Crippen molar-refractivity contribution < 1.29 is 9.13 Å². The van der Waals surface area contributed by atoms with E-state index >= 15 is 0 Å². The lowest BCUT2D eigenvalue weighted by Crippen LogP contribution is -2.65. The van der Waals surface area contributed by atoms with E-state index in [1.165, 1.54) is 6.07 Å². The zero-order valence-corrected chi connectivity index (χ0v) is 17.8. The highest BCUT2D eigenvalue weighted by molar-refractivity contribution is 14.0. The number of aromatic nitrogens is 1. The van der Waals surface area contributed by atoms with E-state index in [2.05, 4.69) is 34.5 Å². The van der Waals surface area contributed by atoms with Crippen LogP contribution in [0.4, 0.5) is 4.39 Å². The van der Waals surface area contributed by atoms with E-state index in [1.807, 2.05) is 6.92 Å². The number of nitrogens with one attached hydrogen (secondary N) is 2. The predicted molar refractivity (Wildman–Crippen MR) is 110 cm³/mol. The van der Waals surface area contributed by atoms with Gasteiger partial charge in [0.1, 0.15) is 5.82 Å². The van der Waals surface area contributed by atoms with Gasteiger partial charge in [-0.05, 0) is 38.3 Å². The molecular formula is C18H30FIN4O. The van der Waals surface area contributed by atoms with Crippen LogP contribution < -0.4 is 10.6 Å². The molecule has 0 aliphatic heterocycles. The van der Waals surface area contributed by atoms with Crippen LogP contribution in [-0.4, -0.2) is 36.7 Å². The van der Waals surface area contributed by atoms with Crippen LogP contribution >= 0.6 is 24.0 Å². The molecule has 2 N–H and O–H groups in total. The highest BCUT2D eigenvalue weighted by atomic mass is 127. The van der Waals surface area contributed by atoms with Gasteiger partial charge in [-0.25, -0.2) is 4.39 Å². The molecule has 1 aromatic heterocycles. The maximum absolute atomic E-state index is 13.7. The zero-order valence-electron chi connectivity index (χ0n) is 15.5. The molecule has 1 fully saturated rings. The normalized spacial score (nSPS) is 21.9. The van der Waals surface area contributed by atoms with Crippen LogP contribution in [-0.2, 0) is 11.3 Å². The molecule has 0 spiro atoms. The van der Waals surface area contributed by atoms with Crippen LogP contribution in [0.25, 0.3) is 0 Å². The average molecular weight is 464 g/mol. The minimum absolute atomic E-state index is 0. The topological polar surface area (TPSA) is 58.5 Å². The van der Waals surface area contributed by atoms with Gasteiger partial charge in [-0.2, -0.15) is 0 Å². The lowest BCUT2D eigenvalue weighted by atomic mass is 9.58. The number of rotatable bonds is 7. The number of hydrogen-bond acceptors (Lipinski definition) is 3. The molecule has 1 heterocycles. The van der Waals surface area contributed by atoms with Gasteiger partial charge >= 0.3 is 0 Å². The SMILES string of the molecule is CCOC1CC(NC(=NC)NCc2ncccc2F)C1(CC)CC.I. The van der Waals surface area contributed by atoms with E-state index in [0.717, 1.165) is 25.9 Å². The Balaban J connectivity index is 0.00000312. The van der Waals surface area contributed by atoms with Gasteiger partial charge in [0.2, 0.25) is 0 Å². The molecule has 142 valence electrons. The van der Waals surface area contributed by atoms with Gasteiger partial charge in [-0.1, -0.05) is 13.8 Å². The number of nitrogens with zero attached hydrogens (tertiary/aromatic N) is 2. The maximum Gasteiger partial charge on any atom is 0.191 e. The summed E-state index contributed by atoms with van der Waals surface area (Å²) in [6, 6.07) is 3.31. The van der Waals surface area contributed by atoms with Crippen LogP contribution in [0.1, 0.15) is 45.7 Å². The molecule has 0 bridgehead atoms. The van der Waals surface area contributed by atoms with Crippen LogP contribution in [0.5, 0.6) is 0 Å². The Kier molecular flexibility index (Phi) is 9.06. The van der Waals surface area contributed by atoms with Crippen molar-refractivity contribution in [2.24, 2.45) is 10.4 Å². The van der Waals surface area contributed by atoms with Gasteiger partial charge in [0.05, 0.1) is 18.3 Å². The Labute approximate surface area is 167 Å². The molecule has 1 aliphatic rings. The fourth-order valence-corrected chi connectivity index (χ4v) is 3.66. The number of guanidine groups is 1. The first kappa shape index (κ1) is 22.1. The summed E-state index contributed by atoms with van der Waals surface area (Å²) >= 11 is 0. The van der Waals surface area contributed by atoms with E-state index < -0.39 is 0 Å². The zero-order chi connectivity index (χ0) is 17.6. The number of ether oxygens (including phenoxy) is 1. The molecule has 25 heavy (non-hydrogen) atoms. The molecular weight excluding hydrogens is 434 g/mol. The van der Waals surface area contributed by atoms with Crippen LogP contribution in [0.2, 0.25) is 0 Å². The number of pyridine rings is 1. The molecule has 0 radical (unpaired) electrons. The molecule has 1 aromatic rings. The molecule has 5 nitrogen and oxygen atoms in total. The second-order valence-corrected chi connectivity index (χ2v) is 6.17. The quantitative estimate of drug-likeness (QED) is 0.369. The van der Waals surface area contributed by atoms with Crippen molar-refractivity contribution in [1.82, 2.24) is 15.6 Å². The largest absolute Gasteiger partial charge is 0.378 e. The summed E-state index contributed by atoms with van der Waals surface area (Å²) < 4.78 is 19.6. The Morgan fingerprint density at radius 1 is 1.40 bits per heavy atom. The van der Waals surface area contributed by atoms with Crippen molar-refractivity contribution in [3.8, 4) is 0 Å². The van der Waals surface area contributed by atoms with E-state index in [0.29, 0.717) is 30.3 Å². The summed E-state index contributed by atoms with van der Waals surface area (Å²) in [5.74, 6) is 0.364. The van der Waals surface area contributed by atoms with Gasteiger partial charge in [0, 0.05) is 31.3 Å². The Hall–Kier alpha value is -0.960. The van der Waals surface area contributed by atoms with E-state index in [1.54, 1.807) is 19.3 Å². The summed E-state index contributed by atoms with van der Waals surface area (Å²) in [5, 5.41) is 6.64. The third kappa shape index (κ3) is 4.81. The molecule has 2 unspecified atom stereocenters.